The van der Waals surface area contributed by atoms with Crippen molar-refractivity contribution in [1.29, 1.82) is 0 Å². The highest BCUT2D eigenvalue weighted by atomic mass is 16.6. The Morgan fingerprint density at radius 1 is 1.24 bits per heavy atom. The molecule has 6 atom stereocenters. The van der Waals surface area contributed by atoms with Crippen molar-refractivity contribution in [2.45, 2.75) is 51.7 Å². The minimum atomic E-state index is -0.867. The number of carbonyl (C=O) groups is 3. The molecule has 4 rings (SSSR count). The summed E-state index contributed by atoms with van der Waals surface area (Å²) in [4.78, 5) is 37.8. The SMILES string of the molecule is COC[C@H]1OC(=O)C[C@H]2C(=O)C3=C([C@H](O)C[C@]4(C)C(=O)CC[C@@H]34)[C@@]12C. The standard InChI is InChI=1S/C19H24O6/c1-18-7-11(20)16-15(9(18)4-5-12(18)21)17(23)10-6-14(22)25-13(8-24-3)19(10,16)2/h9-11,13,20H,4-8H2,1-3H3/t9-,10-,11+,13+,18-,19+/m0/s1. The molecule has 0 spiro atoms. The van der Waals surface area contributed by atoms with E-state index in [9.17, 15) is 19.5 Å². The first-order valence-corrected chi connectivity index (χ1v) is 8.93. The largest absolute Gasteiger partial charge is 0.459 e. The Labute approximate surface area is 146 Å². The van der Waals surface area contributed by atoms with Gasteiger partial charge in [-0.25, -0.2) is 0 Å². The molecule has 0 aromatic carbocycles. The van der Waals surface area contributed by atoms with Crippen LogP contribution in [0.4, 0.5) is 0 Å². The van der Waals surface area contributed by atoms with Crippen LogP contribution in [0.2, 0.25) is 0 Å². The number of fused-ring (bicyclic) bond motifs is 4. The minimum Gasteiger partial charge on any atom is -0.459 e. The third-order valence-corrected chi connectivity index (χ3v) is 7.17. The van der Waals surface area contributed by atoms with E-state index in [-0.39, 0.29) is 30.5 Å². The summed E-state index contributed by atoms with van der Waals surface area (Å²) in [6.07, 6.45) is -0.0366. The molecule has 1 N–H and O–H groups in total. The van der Waals surface area contributed by atoms with Crippen molar-refractivity contribution in [1.82, 2.24) is 0 Å². The van der Waals surface area contributed by atoms with Gasteiger partial charge in [0.1, 0.15) is 11.9 Å². The van der Waals surface area contributed by atoms with E-state index in [4.69, 9.17) is 9.47 Å². The van der Waals surface area contributed by atoms with Crippen LogP contribution in [0.3, 0.4) is 0 Å². The number of allylic oxidation sites excluding steroid dienone is 1. The fraction of sp³-hybridized carbons (Fsp3) is 0.737. The van der Waals surface area contributed by atoms with Crippen LogP contribution < -0.4 is 0 Å². The topological polar surface area (TPSA) is 89.9 Å². The first-order chi connectivity index (χ1) is 11.7. The molecule has 0 amide bonds. The average Bonchev–Trinajstić information content (AvgIpc) is 2.95. The second-order valence-electron chi connectivity index (χ2n) is 8.32. The first-order valence-electron chi connectivity index (χ1n) is 8.93. The van der Waals surface area contributed by atoms with Gasteiger partial charge in [0, 0.05) is 41.8 Å². The smallest absolute Gasteiger partial charge is 0.306 e. The fourth-order valence-corrected chi connectivity index (χ4v) is 5.82. The van der Waals surface area contributed by atoms with Crippen LogP contribution >= 0.6 is 0 Å². The van der Waals surface area contributed by atoms with Crippen LogP contribution in [-0.2, 0) is 23.9 Å². The molecule has 25 heavy (non-hydrogen) atoms. The van der Waals surface area contributed by atoms with Crippen LogP contribution in [0.1, 0.15) is 39.5 Å². The van der Waals surface area contributed by atoms with Gasteiger partial charge in [0.15, 0.2) is 5.78 Å². The average molecular weight is 348 g/mol. The van der Waals surface area contributed by atoms with E-state index in [2.05, 4.69) is 0 Å². The van der Waals surface area contributed by atoms with E-state index in [0.717, 1.165) is 0 Å². The van der Waals surface area contributed by atoms with Gasteiger partial charge in [-0.1, -0.05) is 13.8 Å². The molecular weight excluding hydrogens is 324 g/mol. The molecule has 136 valence electrons. The van der Waals surface area contributed by atoms with Crippen molar-refractivity contribution >= 4 is 17.5 Å². The van der Waals surface area contributed by atoms with Gasteiger partial charge in [-0.3, -0.25) is 14.4 Å². The molecule has 2 fully saturated rings. The normalized spacial score (nSPS) is 46.0. The number of methoxy groups -OCH3 is 1. The number of Topliss-reactive ketones (excluding diaryl/α,β-unsaturated/α-hetero) is 2. The second kappa shape index (κ2) is 5.24. The van der Waals surface area contributed by atoms with Crippen molar-refractivity contribution in [2.75, 3.05) is 13.7 Å². The molecule has 0 bridgehead atoms. The molecule has 4 aliphatic rings. The lowest BCUT2D eigenvalue weighted by atomic mass is 9.61. The maximum absolute atomic E-state index is 13.3. The summed E-state index contributed by atoms with van der Waals surface area (Å²) in [5.74, 6) is -1.06. The lowest BCUT2D eigenvalue weighted by molar-refractivity contribution is -0.176. The van der Waals surface area contributed by atoms with E-state index in [1.165, 1.54) is 7.11 Å². The van der Waals surface area contributed by atoms with Crippen LogP contribution in [0.15, 0.2) is 11.1 Å². The number of rotatable bonds is 2. The zero-order valence-corrected chi connectivity index (χ0v) is 14.8. The van der Waals surface area contributed by atoms with Gasteiger partial charge in [0.2, 0.25) is 0 Å². The van der Waals surface area contributed by atoms with E-state index in [1.54, 1.807) is 0 Å². The molecule has 0 radical (unpaired) electrons. The molecule has 1 heterocycles. The summed E-state index contributed by atoms with van der Waals surface area (Å²) in [7, 11) is 1.52. The zero-order valence-electron chi connectivity index (χ0n) is 14.8. The van der Waals surface area contributed by atoms with Crippen molar-refractivity contribution in [3.05, 3.63) is 11.1 Å². The Morgan fingerprint density at radius 3 is 2.64 bits per heavy atom. The minimum absolute atomic E-state index is 0.0205. The number of hydrogen-bond donors (Lipinski definition) is 1. The number of carbonyl (C=O) groups excluding carboxylic acids is 3. The first kappa shape index (κ1) is 16.9. The Kier molecular flexibility index (Phi) is 3.54. The van der Waals surface area contributed by atoms with E-state index in [1.807, 2.05) is 13.8 Å². The van der Waals surface area contributed by atoms with Gasteiger partial charge >= 0.3 is 5.97 Å². The number of esters is 1. The van der Waals surface area contributed by atoms with Gasteiger partial charge in [-0.2, -0.15) is 0 Å². The number of ether oxygens (including phenoxy) is 2. The third kappa shape index (κ3) is 1.95. The highest BCUT2D eigenvalue weighted by Crippen LogP contribution is 2.63. The quantitative estimate of drug-likeness (QED) is 0.754. The molecule has 0 aromatic rings. The summed E-state index contributed by atoms with van der Waals surface area (Å²) < 4.78 is 10.7. The van der Waals surface area contributed by atoms with Gasteiger partial charge in [-0.15, -0.1) is 0 Å². The Hall–Kier alpha value is -1.53. The number of ketones is 2. The number of aliphatic hydroxyl groups excluding tert-OH is 1. The summed E-state index contributed by atoms with van der Waals surface area (Å²) in [5, 5.41) is 10.9. The van der Waals surface area contributed by atoms with Gasteiger partial charge < -0.3 is 14.6 Å². The summed E-state index contributed by atoms with van der Waals surface area (Å²) in [6.45, 7) is 3.94. The zero-order chi connectivity index (χ0) is 18.1. The van der Waals surface area contributed by atoms with E-state index in [0.29, 0.717) is 30.4 Å². The highest BCUT2D eigenvalue weighted by molar-refractivity contribution is 6.06. The van der Waals surface area contributed by atoms with Gasteiger partial charge in [0.25, 0.3) is 0 Å². The van der Waals surface area contributed by atoms with E-state index >= 15 is 0 Å². The number of cyclic esters (lactones) is 1. The maximum Gasteiger partial charge on any atom is 0.306 e. The van der Waals surface area contributed by atoms with Gasteiger partial charge in [0.05, 0.1) is 19.1 Å². The van der Waals surface area contributed by atoms with Crippen LogP contribution in [-0.4, -0.2) is 48.6 Å². The van der Waals surface area contributed by atoms with Crippen molar-refractivity contribution in [3.63, 3.8) is 0 Å². The lowest BCUT2D eigenvalue weighted by Gasteiger charge is -2.46. The van der Waals surface area contributed by atoms with Crippen LogP contribution in [0, 0.1) is 22.7 Å². The number of aliphatic hydroxyl groups is 1. The van der Waals surface area contributed by atoms with Crippen molar-refractivity contribution in [2.24, 2.45) is 22.7 Å². The predicted molar refractivity (Wildman–Crippen MR) is 86.5 cm³/mol. The predicted octanol–water partition coefficient (Wildman–Crippen LogP) is 1.20. The third-order valence-electron chi connectivity index (χ3n) is 7.17. The molecule has 1 aliphatic heterocycles. The Morgan fingerprint density at radius 2 is 1.96 bits per heavy atom. The molecule has 1 saturated carbocycles. The highest BCUT2D eigenvalue weighted by Gasteiger charge is 2.66. The van der Waals surface area contributed by atoms with Crippen LogP contribution in [0.25, 0.3) is 0 Å². The molecule has 0 aromatic heterocycles. The molecule has 6 nitrogen and oxygen atoms in total. The molecule has 1 saturated heterocycles. The molecular formula is C19H24O6. The molecule has 0 unspecified atom stereocenters. The van der Waals surface area contributed by atoms with Crippen LogP contribution in [0.5, 0.6) is 0 Å². The fourth-order valence-electron chi connectivity index (χ4n) is 5.82. The lowest BCUT2D eigenvalue weighted by Crippen LogP contribution is -2.52. The van der Waals surface area contributed by atoms with Crippen molar-refractivity contribution < 1.29 is 29.0 Å². The van der Waals surface area contributed by atoms with E-state index < -0.39 is 34.9 Å². The number of hydrogen-bond acceptors (Lipinski definition) is 6. The monoisotopic (exact) mass is 348 g/mol. The molecule has 3 aliphatic carbocycles. The summed E-state index contributed by atoms with van der Waals surface area (Å²) >= 11 is 0. The summed E-state index contributed by atoms with van der Waals surface area (Å²) in [5.41, 5.74) is -0.157. The molecule has 6 heteroatoms. The Bertz CT molecular complexity index is 709. The Balaban J connectivity index is 1.88. The summed E-state index contributed by atoms with van der Waals surface area (Å²) in [6, 6.07) is 0. The maximum atomic E-state index is 13.3. The van der Waals surface area contributed by atoms with Crippen molar-refractivity contribution in [3.8, 4) is 0 Å². The van der Waals surface area contributed by atoms with Gasteiger partial charge in [-0.05, 0) is 18.4 Å². The second-order valence-corrected chi connectivity index (χ2v) is 8.32.